The molecule has 0 spiro atoms. The summed E-state index contributed by atoms with van der Waals surface area (Å²) in [6.45, 7) is 1.29. The van der Waals surface area contributed by atoms with Crippen LogP contribution in [0.3, 0.4) is 0 Å². The van der Waals surface area contributed by atoms with Crippen molar-refractivity contribution in [1.29, 1.82) is 0 Å². The molecule has 0 saturated heterocycles. The molecule has 10 heteroatoms. The highest BCUT2D eigenvalue weighted by atomic mass is 35.5. The number of hydrogen-bond donors (Lipinski definition) is 0. The molecule has 0 saturated carbocycles. The van der Waals surface area contributed by atoms with E-state index in [1.54, 1.807) is 6.07 Å². The molecule has 0 bridgehead atoms. The monoisotopic (exact) mass is 439 g/mol. The summed E-state index contributed by atoms with van der Waals surface area (Å²) in [5.74, 6) is -1.22. The molecule has 3 rings (SSSR count). The van der Waals surface area contributed by atoms with Gasteiger partial charge in [-0.15, -0.1) is 0 Å². The van der Waals surface area contributed by atoms with Gasteiger partial charge in [-0.1, -0.05) is 23.7 Å². The second-order valence-electron chi connectivity index (χ2n) is 6.38. The van der Waals surface area contributed by atoms with Crippen molar-refractivity contribution in [1.82, 2.24) is 9.55 Å². The van der Waals surface area contributed by atoms with Crippen LogP contribution in [0, 0.1) is 12.7 Å². The van der Waals surface area contributed by atoms with Gasteiger partial charge in [0.1, 0.15) is 5.82 Å². The Morgan fingerprint density at radius 3 is 2.40 bits per heavy atom. The van der Waals surface area contributed by atoms with Crippen LogP contribution in [0.25, 0.3) is 5.69 Å². The fraction of sp³-hybridized carbons (Fsp3) is 0.150. The summed E-state index contributed by atoms with van der Waals surface area (Å²) in [7, 11) is 1.37. The van der Waals surface area contributed by atoms with Gasteiger partial charge in [0, 0.05) is 18.3 Å². The first kappa shape index (κ1) is 21.5. The van der Waals surface area contributed by atoms with Gasteiger partial charge in [0.15, 0.2) is 5.69 Å². The highest BCUT2D eigenvalue weighted by Gasteiger charge is 2.34. The minimum absolute atomic E-state index is 0.0202. The summed E-state index contributed by atoms with van der Waals surface area (Å²) in [6.07, 6.45) is -4.78. The van der Waals surface area contributed by atoms with Crippen molar-refractivity contribution in [3.63, 3.8) is 0 Å². The number of benzene rings is 2. The second kappa shape index (κ2) is 7.91. The van der Waals surface area contributed by atoms with Crippen molar-refractivity contribution in [2.75, 3.05) is 11.9 Å². The average Bonchev–Trinajstić information content (AvgIpc) is 2.67. The van der Waals surface area contributed by atoms with Gasteiger partial charge < -0.3 is 4.90 Å². The summed E-state index contributed by atoms with van der Waals surface area (Å²) >= 11 is 6.14. The van der Waals surface area contributed by atoms with Crippen LogP contribution < -0.4 is 10.6 Å². The zero-order valence-electron chi connectivity index (χ0n) is 15.7. The van der Waals surface area contributed by atoms with Crippen molar-refractivity contribution in [2.45, 2.75) is 13.1 Å². The number of halogens is 5. The van der Waals surface area contributed by atoms with E-state index in [2.05, 4.69) is 4.98 Å². The Morgan fingerprint density at radius 2 is 1.80 bits per heavy atom. The number of amides is 1. The summed E-state index contributed by atoms with van der Waals surface area (Å²) in [6, 6.07) is 10.3. The van der Waals surface area contributed by atoms with Crippen molar-refractivity contribution < 1.29 is 22.4 Å². The van der Waals surface area contributed by atoms with Crippen molar-refractivity contribution >= 4 is 23.2 Å². The van der Waals surface area contributed by atoms with Crippen LogP contribution in [-0.4, -0.2) is 22.5 Å². The molecule has 30 heavy (non-hydrogen) atoms. The smallest absolute Gasteiger partial charge is 0.309 e. The quantitative estimate of drug-likeness (QED) is 0.559. The number of rotatable bonds is 3. The van der Waals surface area contributed by atoms with E-state index in [1.165, 1.54) is 50.4 Å². The Morgan fingerprint density at radius 1 is 1.13 bits per heavy atom. The lowest BCUT2D eigenvalue weighted by Crippen LogP contribution is -2.29. The first-order valence-electron chi connectivity index (χ1n) is 8.51. The number of aryl methyl sites for hydroxylation is 1. The third kappa shape index (κ3) is 4.06. The third-order valence-electron chi connectivity index (χ3n) is 4.35. The van der Waals surface area contributed by atoms with Crippen LogP contribution in [0.5, 0.6) is 0 Å². The minimum Gasteiger partial charge on any atom is -0.309 e. The molecular formula is C20H14ClF4N3O2. The normalized spacial score (nSPS) is 11.4. The topological polar surface area (TPSA) is 55.2 Å². The molecule has 0 fully saturated rings. The van der Waals surface area contributed by atoms with E-state index in [-0.39, 0.29) is 27.7 Å². The lowest BCUT2D eigenvalue weighted by molar-refractivity contribution is -0.141. The lowest BCUT2D eigenvalue weighted by atomic mass is 10.1. The van der Waals surface area contributed by atoms with E-state index < -0.39 is 29.3 Å². The maximum Gasteiger partial charge on any atom is 0.433 e. The van der Waals surface area contributed by atoms with Crippen molar-refractivity contribution in [3.8, 4) is 5.69 Å². The zero-order chi connectivity index (χ0) is 22.2. The molecule has 5 nitrogen and oxygen atoms in total. The number of para-hydroxylation sites is 1. The maximum absolute atomic E-state index is 14.0. The molecule has 156 valence electrons. The van der Waals surface area contributed by atoms with Gasteiger partial charge in [-0.25, -0.2) is 9.18 Å². The number of anilines is 1. The van der Waals surface area contributed by atoms with Crippen LogP contribution in [-0.2, 0) is 6.18 Å². The Kier molecular flexibility index (Phi) is 5.67. The summed E-state index contributed by atoms with van der Waals surface area (Å²) in [5.41, 5.74) is -2.54. The van der Waals surface area contributed by atoms with Crippen LogP contribution in [0.15, 0.2) is 53.3 Å². The molecule has 1 aromatic heterocycles. The van der Waals surface area contributed by atoms with Gasteiger partial charge >= 0.3 is 11.9 Å². The zero-order valence-corrected chi connectivity index (χ0v) is 16.4. The molecule has 0 aliphatic rings. The summed E-state index contributed by atoms with van der Waals surface area (Å²) < 4.78 is 53.6. The van der Waals surface area contributed by atoms with E-state index in [0.29, 0.717) is 6.07 Å². The van der Waals surface area contributed by atoms with Crippen LogP contribution in [0.4, 0.5) is 23.2 Å². The van der Waals surface area contributed by atoms with Crippen LogP contribution in [0.2, 0.25) is 5.02 Å². The van der Waals surface area contributed by atoms with E-state index in [0.717, 1.165) is 9.47 Å². The number of nitrogens with zero attached hydrogens (tertiary/aromatic N) is 3. The molecule has 0 unspecified atom stereocenters. The van der Waals surface area contributed by atoms with E-state index in [1.807, 2.05) is 0 Å². The highest BCUT2D eigenvalue weighted by Crippen LogP contribution is 2.29. The molecular weight excluding hydrogens is 426 g/mol. The maximum atomic E-state index is 14.0. The Balaban J connectivity index is 2.08. The minimum atomic E-state index is -4.78. The Hall–Kier alpha value is -3.20. The molecule has 3 aromatic rings. The number of carbonyl (C=O) groups is 1. The lowest BCUT2D eigenvalue weighted by Gasteiger charge is -2.19. The van der Waals surface area contributed by atoms with Crippen LogP contribution in [0.1, 0.15) is 21.7 Å². The van der Waals surface area contributed by atoms with Gasteiger partial charge in [0.25, 0.3) is 5.91 Å². The predicted octanol–water partition coefficient (Wildman–Crippen LogP) is 4.63. The molecule has 2 aromatic carbocycles. The van der Waals surface area contributed by atoms with Gasteiger partial charge in [-0.3, -0.25) is 9.36 Å². The molecule has 0 radical (unpaired) electrons. The first-order valence-corrected chi connectivity index (χ1v) is 8.89. The van der Waals surface area contributed by atoms with Gasteiger partial charge in [0.2, 0.25) is 0 Å². The molecule has 0 aliphatic carbocycles. The largest absolute Gasteiger partial charge is 0.433 e. The Labute approximate surface area is 173 Å². The van der Waals surface area contributed by atoms with Gasteiger partial charge in [-0.2, -0.15) is 18.2 Å². The second-order valence-corrected chi connectivity index (χ2v) is 6.79. The van der Waals surface area contributed by atoms with Gasteiger partial charge in [0.05, 0.1) is 16.4 Å². The average molecular weight is 440 g/mol. The van der Waals surface area contributed by atoms with Crippen LogP contribution >= 0.6 is 11.6 Å². The molecule has 1 amide bonds. The fourth-order valence-corrected chi connectivity index (χ4v) is 3.08. The third-order valence-corrected chi connectivity index (χ3v) is 4.67. The van der Waals surface area contributed by atoms with Crippen molar-refractivity contribution in [3.05, 3.63) is 86.8 Å². The molecule has 1 heterocycles. The SMILES string of the molecule is Cc1cc(C(F)(F)F)nc(=O)n1-c1cc(C(=O)N(C)c2ccccc2F)ccc1Cl. The van der Waals surface area contributed by atoms with E-state index >= 15 is 0 Å². The van der Waals surface area contributed by atoms with Crippen molar-refractivity contribution in [2.24, 2.45) is 0 Å². The molecule has 0 aliphatic heterocycles. The standard InChI is InChI=1S/C20H14ClF4N3O2/c1-11-9-17(20(23,24)25)26-19(30)28(11)16-10-12(7-8-13(16)21)18(29)27(2)15-6-4-3-5-14(15)22/h3-10H,1-2H3. The predicted molar refractivity (Wildman–Crippen MR) is 104 cm³/mol. The fourth-order valence-electron chi connectivity index (χ4n) is 2.88. The first-order chi connectivity index (χ1) is 14.0. The number of carbonyl (C=O) groups excluding carboxylic acids is 1. The summed E-state index contributed by atoms with van der Waals surface area (Å²) in [4.78, 5) is 29.2. The summed E-state index contributed by atoms with van der Waals surface area (Å²) in [5, 5.41) is 0.0202. The number of hydrogen-bond acceptors (Lipinski definition) is 3. The Bertz CT molecular complexity index is 1190. The molecule has 0 atom stereocenters. The van der Waals surface area contributed by atoms with Gasteiger partial charge in [-0.05, 0) is 43.3 Å². The van der Waals surface area contributed by atoms with E-state index in [9.17, 15) is 27.2 Å². The van der Waals surface area contributed by atoms with E-state index in [4.69, 9.17) is 11.6 Å². The molecule has 0 N–H and O–H groups in total. The highest BCUT2D eigenvalue weighted by molar-refractivity contribution is 6.32. The number of alkyl halides is 3. The number of aromatic nitrogens is 2.